The van der Waals surface area contributed by atoms with E-state index >= 15 is 0 Å². The largest absolute Gasteiger partial charge is 0.231 e. The minimum Gasteiger partial charge on any atom is -0.161 e. The van der Waals surface area contributed by atoms with Gasteiger partial charge in [-0.1, -0.05) is 6.07 Å². The molecule has 0 bridgehead atoms. The summed E-state index contributed by atoms with van der Waals surface area (Å²) in [5.41, 5.74) is 2.77. The Morgan fingerprint density at radius 3 is 2.94 bits per heavy atom. The average Bonchev–Trinajstić information content (AvgIpc) is 2.30. The van der Waals surface area contributed by atoms with Crippen LogP contribution < -0.4 is 4.57 Å². The van der Waals surface area contributed by atoms with Crippen molar-refractivity contribution in [1.29, 1.82) is 0 Å². The van der Waals surface area contributed by atoms with Crippen LogP contribution in [-0.2, 0) is 0 Å². The molecule has 1 aromatic carbocycles. The van der Waals surface area contributed by atoms with Crippen molar-refractivity contribution < 1.29 is 4.57 Å². The Balaban J connectivity index is 2.45. The van der Waals surface area contributed by atoms with Crippen LogP contribution in [0.1, 0.15) is 6.92 Å². The fraction of sp³-hybridized carbons (Fsp3) is 0.154. The second kappa shape index (κ2) is 4.04. The first-order chi connectivity index (χ1) is 7.77. The SMILES string of the molecule is C/C(I)=C1/CSc2cccc3ccc[n+]1c23. The van der Waals surface area contributed by atoms with E-state index in [4.69, 9.17) is 0 Å². The second-order valence-electron chi connectivity index (χ2n) is 3.84. The van der Waals surface area contributed by atoms with Crippen molar-refractivity contribution in [3.8, 4) is 0 Å². The number of hydrogen-bond acceptors (Lipinski definition) is 1. The van der Waals surface area contributed by atoms with E-state index in [1.807, 2.05) is 11.8 Å². The number of para-hydroxylation sites is 1. The quantitative estimate of drug-likeness (QED) is 0.520. The summed E-state index contributed by atoms with van der Waals surface area (Å²) in [5, 5.41) is 1.32. The van der Waals surface area contributed by atoms with Gasteiger partial charge in [-0.15, -0.1) is 11.8 Å². The fourth-order valence-electron chi connectivity index (χ4n) is 2.06. The van der Waals surface area contributed by atoms with E-state index in [9.17, 15) is 0 Å². The Labute approximate surface area is 113 Å². The smallest absolute Gasteiger partial charge is 0.161 e. The van der Waals surface area contributed by atoms with Crippen molar-refractivity contribution in [1.82, 2.24) is 0 Å². The van der Waals surface area contributed by atoms with Gasteiger partial charge in [0, 0.05) is 11.5 Å². The molecular formula is C13H11INS+. The molecule has 2 heterocycles. The van der Waals surface area contributed by atoms with E-state index in [0.29, 0.717) is 0 Å². The first-order valence-corrected chi connectivity index (χ1v) is 7.25. The first-order valence-electron chi connectivity index (χ1n) is 5.19. The predicted octanol–water partition coefficient (Wildman–Crippen LogP) is 3.86. The molecule has 0 amide bonds. The van der Waals surface area contributed by atoms with E-state index in [1.54, 1.807) is 0 Å². The predicted molar refractivity (Wildman–Crippen MR) is 77.8 cm³/mol. The number of nitrogens with zero attached hydrogens (tertiary/aromatic N) is 1. The molecule has 1 nitrogen and oxygen atoms in total. The van der Waals surface area contributed by atoms with Crippen molar-refractivity contribution >= 4 is 51.0 Å². The molecule has 0 fully saturated rings. The lowest BCUT2D eigenvalue weighted by atomic mass is 10.2. The minimum atomic E-state index is 1.07. The highest BCUT2D eigenvalue weighted by atomic mass is 127. The van der Waals surface area contributed by atoms with Gasteiger partial charge in [0.15, 0.2) is 6.20 Å². The molecule has 0 unspecified atom stereocenters. The van der Waals surface area contributed by atoms with Gasteiger partial charge in [0.2, 0.25) is 11.2 Å². The number of pyridine rings is 1. The van der Waals surface area contributed by atoms with Crippen LogP contribution >= 0.6 is 34.4 Å². The van der Waals surface area contributed by atoms with E-state index in [-0.39, 0.29) is 0 Å². The lowest BCUT2D eigenvalue weighted by Crippen LogP contribution is -2.37. The maximum absolute atomic E-state index is 2.42. The van der Waals surface area contributed by atoms with Crippen LogP contribution in [0.2, 0.25) is 0 Å². The highest BCUT2D eigenvalue weighted by Crippen LogP contribution is 2.33. The fourth-order valence-corrected chi connectivity index (χ4v) is 3.95. The molecule has 0 N–H and O–H groups in total. The highest BCUT2D eigenvalue weighted by Gasteiger charge is 2.25. The van der Waals surface area contributed by atoms with Crippen LogP contribution in [0.5, 0.6) is 0 Å². The zero-order valence-electron chi connectivity index (χ0n) is 8.90. The minimum absolute atomic E-state index is 1.07. The number of halogens is 1. The topological polar surface area (TPSA) is 3.88 Å². The van der Waals surface area contributed by atoms with Crippen LogP contribution in [-0.4, -0.2) is 5.75 Å². The molecule has 3 heteroatoms. The van der Waals surface area contributed by atoms with Crippen LogP contribution in [0.4, 0.5) is 0 Å². The third kappa shape index (κ3) is 1.57. The van der Waals surface area contributed by atoms with Crippen LogP contribution in [0.3, 0.4) is 0 Å². The third-order valence-electron chi connectivity index (χ3n) is 2.83. The number of hydrogen-bond donors (Lipinski definition) is 0. The Morgan fingerprint density at radius 2 is 2.12 bits per heavy atom. The van der Waals surface area contributed by atoms with E-state index in [0.717, 1.165) is 5.75 Å². The van der Waals surface area contributed by atoms with Crippen LogP contribution in [0.25, 0.3) is 16.6 Å². The molecule has 1 aliphatic rings. The summed E-state index contributed by atoms with van der Waals surface area (Å²) in [4.78, 5) is 1.39. The molecule has 0 saturated carbocycles. The van der Waals surface area contributed by atoms with Crippen molar-refractivity contribution in [2.75, 3.05) is 5.75 Å². The summed E-state index contributed by atoms with van der Waals surface area (Å²) in [5.74, 6) is 1.07. The van der Waals surface area contributed by atoms with Gasteiger partial charge in [0.25, 0.3) is 0 Å². The Bertz CT molecular complexity index is 595. The maximum Gasteiger partial charge on any atom is 0.231 e. The third-order valence-corrected chi connectivity index (χ3v) is 4.52. The second-order valence-corrected chi connectivity index (χ2v) is 6.48. The van der Waals surface area contributed by atoms with Crippen molar-refractivity contribution in [3.05, 3.63) is 40.1 Å². The van der Waals surface area contributed by atoms with E-state index < -0.39 is 0 Å². The molecule has 3 rings (SSSR count). The molecule has 0 atom stereocenters. The standard InChI is InChI=1S/C13H11INS/c1-9(14)11-8-16-12-6-2-4-10-5-3-7-15(11)13(10)12/h2-7H,8H2,1H3/q+1/b11-9+. The van der Waals surface area contributed by atoms with Gasteiger partial charge in [-0.2, -0.15) is 4.57 Å². The monoisotopic (exact) mass is 340 g/mol. The molecule has 2 aromatic rings. The Morgan fingerprint density at radius 1 is 1.31 bits per heavy atom. The zero-order valence-corrected chi connectivity index (χ0v) is 11.9. The van der Waals surface area contributed by atoms with Crippen LogP contribution in [0, 0.1) is 0 Å². The van der Waals surface area contributed by atoms with E-state index in [1.165, 1.54) is 25.1 Å². The summed E-state index contributed by atoms with van der Waals surface area (Å²) in [6, 6.07) is 10.8. The number of allylic oxidation sites excluding steroid dienone is 1. The van der Waals surface area contributed by atoms with Crippen molar-refractivity contribution in [2.45, 2.75) is 11.8 Å². The average molecular weight is 340 g/mol. The number of aromatic nitrogens is 1. The molecule has 0 saturated heterocycles. The van der Waals surface area contributed by atoms with Gasteiger partial charge in [-0.25, -0.2) is 0 Å². The molecule has 0 spiro atoms. The van der Waals surface area contributed by atoms with Gasteiger partial charge in [0.1, 0.15) is 0 Å². The lowest BCUT2D eigenvalue weighted by Gasteiger charge is -2.13. The molecule has 1 aromatic heterocycles. The maximum atomic E-state index is 2.42. The van der Waals surface area contributed by atoms with Gasteiger partial charge < -0.3 is 0 Å². The van der Waals surface area contributed by atoms with E-state index in [2.05, 4.69) is 70.6 Å². The number of benzene rings is 1. The summed E-state index contributed by atoms with van der Waals surface area (Å²) in [6.07, 6.45) is 2.17. The zero-order chi connectivity index (χ0) is 11.1. The Kier molecular flexibility index (Phi) is 2.67. The lowest BCUT2D eigenvalue weighted by molar-refractivity contribution is -0.554. The first kappa shape index (κ1) is 10.6. The molecule has 0 aliphatic carbocycles. The Hall–Kier alpha value is -0.550. The summed E-state index contributed by atoms with van der Waals surface area (Å²) in [7, 11) is 0. The molecular weight excluding hydrogens is 329 g/mol. The summed E-state index contributed by atoms with van der Waals surface area (Å²) in [6.45, 7) is 2.18. The summed E-state index contributed by atoms with van der Waals surface area (Å²) >= 11 is 4.35. The van der Waals surface area contributed by atoms with Crippen LogP contribution in [0.15, 0.2) is 45.0 Å². The van der Waals surface area contributed by atoms with Gasteiger partial charge >= 0.3 is 0 Å². The molecule has 16 heavy (non-hydrogen) atoms. The van der Waals surface area contributed by atoms with Gasteiger partial charge in [-0.05, 0) is 47.7 Å². The number of thioether (sulfide) groups is 1. The molecule has 1 aliphatic heterocycles. The highest BCUT2D eigenvalue weighted by molar-refractivity contribution is 14.1. The molecule has 80 valence electrons. The summed E-state index contributed by atoms with van der Waals surface area (Å²) < 4.78 is 3.71. The van der Waals surface area contributed by atoms with Gasteiger partial charge in [0.05, 0.1) is 14.2 Å². The van der Waals surface area contributed by atoms with Gasteiger partial charge in [-0.3, -0.25) is 0 Å². The normalized spacial score (nSPS) is 17.6. The number of rotatable bonds is 0. The van der Waals surface area contributed by atoms with Crippen molar-refractivity contribution in [2.24, 2.45) is 0 Å². The molecule has 0 radical (unpaired) electrons. The van der Waals surface area contributed by atoms with Crippen molar-refractivity contribution in [3.63, 3.8) is 0 Å².